The molecule has 146 valence electrons. The lowest BCUT2D eigenvalue weighted by molar-refractivity contribution is 0.195. The van der Waals surface area contributed by atoms with Gasteiger partial charge in [0.25, 0.3) is 0 Å². The standard InChI is InChI=1S/C20H25N7O/c1-4-9-21-20(28)26-12-10-25(11-13-26)19-22-16-8-6-5-7-15(16)18-24-23-17(14(2)3)27(18)19/h4-8,14H,1,9-13H2,2-3H3,(H,21,28). The zero-order valence-corrected chi connectivity index (χ0v) is 16.3. The Morgan fingerprint density at radius 3 is 2.68 bits per heavy atom. The summed E-state index contributed by atoms with van der Waals surface area (Å²) < 4.78 is 2.07. The van der Waals surface area contributed by atoms with Crippen LogP contribution in [-0.2, 0) is 0 Å². The molecule has 3 heterocycles. The van der Waals surface area contributed by atoms with E-state index in [0.717, 1.165) is 28.3 Å². The van der Waals surface area contributed by atoms with Crippen LogP contribution in [0.2, 0.25) is 0 Å². The normalized spacial score (nSPS) is 14.8. The average molecular weight is 379 g/mol. The minimum atomic E-state index is -0.0525. The third-order valence-corrected chi connectivity index (χ3v) is 5.02. The van der Waals surface area contributed by atoms with Gasteiger partial charge in [-0.15, -0.1) is 16.8 Å². The number of piperazine rings is 1. The Balaban J connectivity index is 1.69. The number of carbonyl (C=O) groups excluding carboxylic acids is 1. The van der Waals surface area contributed by atoms with Crippen LogP contribution >= 0.6 is 0 Å². The largest absolute Gasteiger partial charge is 0.338 e. The predicted molar refractivity (Wildman–Crippen MR) is 110 cm³/mol. The van der Waals surface area contributed by atoms with Crippen LogP contribution in [0, 0.1) is 0 Å². The van der Waals surface area contributed by atoms with E-state index in [1.54, 1.807) is 6.08 Å². The number of fused-ring (bicyclic) bond motifs is 3. The van der Waals surface area contributed by atoms with Crippen molar-refractivity contribution in [3.8, 4) is 0 Å². The molecule has 4 rings (SSSR count). The minimum Gasteiger partial charge on any atom is -0.338 e. The highest BCUT2D eigenvalue weighted by Crippen LogP contribution is 2.27. The number of anilines is 1. The molecule has 0 unspecified atom stereocenters. The number of nitrogens with zero attached hydrogens (tertiary/aromatic N) is 6. The summed E-state index contributed by atoms with van der Waals surface area (Å²) in [5.74, 6) is 1.96. The lowest BCUT2D eigenvalue weighted by Gasteiger charge is -2.35. The van der Waals surface area contributed by atoms with Crippen LogP contribution in [0.15, 0.2) is 36.9 Å². The van der Waals surface area contributed by atoms with Gasteiger partial charge in [-0.1, -0.05) is 32.1 Å². The van der Waals surface area contributed by atoms with Crippen LogP contribution in [0.4, 0.5) is 10.7 Å². The highest BCUT2D eigenvalue weighted by atomic mass is 16.2. The molecule has 1 aliphatic rings. The van der Waals surface area contributed by atoms with E-state index in [4.69, 9.17) is 4.98 Å². The molecule has 2 amide bonds. The number of aromatic nitrogens is 4. The molecule has 2 aromatic heterocycles. The Bertz CT molecular complexity index is 1020. The molecule has 0 spiro atoms. The van der Waals surface area contributed by atoms with E-state index in [9.17, 15) is 4.79 Å². The molecule has 1 aliphatic heterocycles. The van der Waals surface area contributed by atoms with Crippen molar-refractivity contribution < 1.29 is 4.79 Å². The summed E-state index contributed by atoms with van der Waals surface area (Å²) in [5, 5.41) is 12.7. The quantitative estimate of drug-likeness (QED) is 0.705. The molecule has 8 nitrogen and oxygen atoms in total. The van der Waals surface area contributed by atoms with E-state index >= 15 is 0 Å². The molecule has 0 atom stereocenters. The van der Waals surface area contributed by atoms with E-state index in [2.05, 4.69) is 45.2 Å². The number of amides is 2. The van der Waals surface area contributed by atoms with E-state index in [1.807, 2.05) is 29.2 Å². The number of nitrogens with one attached hydrogen (secondary N) is 1. The Morgan fingerprint density at radius 1 is 1.21 bits per heavy atom. The lowest BCUT2D eigenvalue weighted by Crippen LogP contribution is -2.52. The smallest absolute Gasteiger partial charge is 0.317 e. The summed E-state index contributed by atoms with van der Waals surface area (Å²) in [7, 11) is 0. The van der Waals surface area contributed by atoms with Gasteiger partial charge in [-0.05, 0) is 12.1 Å². The maximum Gasteiger partial charge on any atom is 0.317 e. The zero-order chi connectivity index (χ0) is 19.7. The summed E-state index contributed by atoms with van der Waals surface area (Å²) in [6.45, 7) is 11.0. The van der Waals surface area contributed by atoms with Gasteiger partial charge in [0, 0.05) is 44.0 Å². The number of hydrogen-bond donors (Lipinski definition) is 1. The Labute approximate surface area is 163 Å². The molecule has 28 heavy (non-hydrogen) atoms. The fourth-order valence-electron chi connectivity index (χ4n) is 3.55. The maximum absolute atomic E-state index is 12.2. The highest BCUT2D eigenvalue weighted by molar-refractivity contribution is 5.92. The minimum absolute atomic E-state index is 0.0525. The average Bonchev–Trinajstić information content (AvgIpc) is 3.17. The van der Waals surface area contributed by atoms with Crippen LogP contribution in [0.3, 0.4) is 0 Å². The highest BCUT2D eigenvalue weighted by Gasteiger charge is 2.25. The Kier molecular flexibility index (Phi) is 4.85. The third kappa shape index (κ3) is 3.15. The molecule has 0 bridgehead atoms. The van der Waals surface area contributed by atoms with Gasteiger partial charge in [0.2, 0.25) is 5.95 Å². The number of para-hydroxylation sites is 1. The topological polar surface area (TPSA) is 78.7 Å². The van der Waals surface area contributed by atoms with Gasteiger partial charge in [0.05, 0.1) is 5.52 Å². The van der Waals surface area contributed by atoms with Crippen LogP contribution < -0.4 is 10.2 Å². The van der Waals surface area contributed by atoms with Gasteiger partial charge in [0.15, 0.2) is 5.65 Å². The molecule has 0 radical (unpaired) electrons. The summed E-state index contributed by atoms with van der Waals surface area (Å²) in [6.07, 6.45) is 1.68. The molecule has 1 saturated heterocycles. The van der Waals surface area contributed by atoms with Crippen LogP contribution in [0.25, 0.3) is 16.6 Å². The molecule has 1 aromatic carbocycles. The van der Waals surface area contributed by atoms with Gasteiger partial charge < -0.3 is 15.1 Å². The first kappa shape index (κ1) is 18.2. The van der Waals surface area contributed by atoms with Crippen molar-refractivity contribution in [2.24, 2.45) is 0 Å². The van der Waals surface area contributed by atoms with E-state index < -0.39 is 0 Å². The van der Waals surface area contributed by atoms with Crippen LogP contribution in [0.1, 0.15) is 25.6 Å². The van der Waals surface area contributed by atoms with Gasteiger partial charge in [0.1, 0.15) is 5.82 Å². The van der Waals surface area contributed by atoms with Gasteiger partial charge >= 0.3 is 6.03 Å². The van der Waals surface area contributed by atoms with E-state index in [0.29, 0.717) is 32.7 Å². The number of urea groups is 1. The fourth-order valence-corrected chi connectivity index (χ4v) is 3.55. The van der Waals surface area contributed by atoms with Gasteiger partial charge in [-0.3, -0.25) is 0 Å². The second kappa shape index (κ2) is 7.46. The number of benzene rings is 1. The first-order chi connectivity index (χ1) is 13.6. The molecule has 1 fully saturated rings. The summed E-state index contributed by atoms with van der Waals surface area (Å²) in [5.41, 5.74) is 1.73. The molecule has 1 N–H and O–H groups in total. The van der Waals surface area contributed by atoms with Crippen molar-refractivity contribution in [1.82, 2.24) is 29.8 Å². The molecule has 0 aliphatic carbocycles. The molecule has 8 heteroatoms. The third-order valence-electron chi connectivity index (χ3n) is 5.02. The van der Waals surface area contributed by atoms with Gasteiger partial charge in [-0.25, -0.2) is 14.2 Å². The van der Waals surface area contributed by atoms with Crippen molar-refractivity contribution in [2.75, 3.05) is 37.6 Å². The number of carbonyl (C=O) groups is 1. The van der Waals surface area contributed by atoms with Gasteiger partial charge in [-0.2, -0.15) is 0 Å². The maximum atomic E-state index is 12.2. The summed E-state index contributed by atoms with van der Waals surface area (Å²) in [6, 6.07) is 7.96. The second-order valence-corrected chi connectivity index (χ2v) is 7.25. The second-order valence-electron chi connectivity index (χ2n) is 7.25. The molecule has 3 aromatic rings. The van der Waals surface area contributed by atoms with E-state index in [-0.39, 0.29) is 11.9 Å². The zero-order valence-electron chi connectivity index (χ0n) is 16.3. The SMILES string of the molecule is C=CCNC(=O)N1CCN(c2nc3ccccc3c3nnc(C(C)C)n23)CC1. The number of rotatable bonds is 4. The van der Waals surface area contributed by atoms with Crippen LogP contribution in [0.5, 0.6) is 0 Å². The van der Waals surface area contributed by atoms with Crippen molar-refractivity contribution in [3.63, 3.8) is 0 Å². The Morgan fingerprint density at radius 2 is 1.96 bits per heavy atom. The lowest BCUT2D eigenvalue weighted by atomic mass is 10.2. The van der Waals surface area contributed by atoms with Crippen molar-refractivity contribution in [1.29, 1.82) is 0 Å². The first-order valence-electron chi connectivity index (χ1n) is 9.62. The summed E-state index contributed by atoms with van der Waals surface area (Å²) in [4.78, 5) is 21.2. The molecular weight excluding hydrogens is 354 g/mol. The van der Waals surface area contributed by atoms with Crippen molar-refractivity contribution in [3.05, 3.63) is 42.7 Å². The summed E-state index contributed by atoms with van der Waals surface area (Å²) >= 11 is 0. The Hall–Kier alpha value is -3.16. The van der Waals surface area contributed by atoms with E-state index in [1.165, 1.54) is 0 Å². The van der Waals surface area contributed by atoms with Crippen molar-refractivity contribution in [2.45, 2.75) is 19.8 Å². The fraction of sp³-hybridized carbons (Fsp3) is 0.400. The molecule has 0 saturated carbocycles. The van der Waals surface area contributed by atoms with Crippen molar-refractivity contribution >= 4 is 28.5 Å². The monoisotopic (exact) mass is 379 g/mol. The molecular formula is C20H25N7O. The number of hydrogen-bond acceptors (Lipinski definition) is 5. The van der Waals surface area contributed by atoms with Crippen LogP contribution in [-0.4, -0.2) is 63.2 Å². The predicted octanol–water partition coefficient (Wildman–Crippen LogP) is 2.42. The first-order valence-corrected chi connectivity index (χ1v) is 9.62.